The molecule has 0 bridgehead atoms. The quantitative estimate of drug-likeness (QED) is 0.842. The normalized spacial score (nSPS) is 13.8. The van der Waals surface area contributed by atoms with E-state index in [-0.39, 0.29) is 0 Å². The second-order valence-corrected chi connectivity index (χ2v) is 4.64. The molecule has 2 N–H and O–H groups in total. The average Bonchev–Trinajstić information content (AvgIpc) is 2.33. The molecular weight excluding hydrogens is 238 g/mol. The van der Waals surface area contributed by atoms with Crippen LogP contribution in [0, 0.1) is 6.92 Å². The zero-order valence-corrected chi connectivity index (χ0v) is 10.8. The molecule has 0 amide bonds. The minimum absolute atomic E-state index is 0.593. The van der Waals surface area contributed by atoms with Crippen LogP contribution in [-0.4, -0.2) is 19.8 Å². The Labute approximate surface area is 107 Å². The van der Waals surface area contributed by atoms with Gasteiger partial charge < -0.3 is 15.2 Å². The standard InChI is InChI=1S/C13H18ClNO2/c1-9-10(4-2-3-5-15)11(14)8-12-13(9)17-7-6-16-12/h8H,2-7,15H2,1H3. The van der Waals surface area contributed by atoms with Gasteiger partial charge in [-0.2, -0.15) is 0 Å². The van der Waals surface area contributed by atoms with Gasteiger partial charge >= 0.3 is 0 Å². The van der Waals surface area contributed by atoms with E-state index in [4.69, 9.17) is 26.8 Å². The molecule has 1 aromatic rings. The summed E-state index contributed by atoms with van der Waals surface area (Å²) < 4.78 is 11.2. The Bertz CT molecular complexity index is 407. The molecule has 0 aromatic heterocycles. The van der Waals surface area contributed by atoms with Gasteiger partial charge in [0.15, 0.2) is 11.5 Å². The topological polar surface area (TPSA) is 44.5 Å². The van der Waals surface area contributed by atoms with E-state index in [9.17, 15) is 0 Å². The first-order chi connectivity index (χ1) is 8.24. The Morgan fingerprint density at radius 1 is 1.29 bits per heavy atom. The third-order valence-corrected chi connectivity index (χ3v) is 3.37. The second kappa shape index (κ2) is 5.61. The maximum Gasteiger partial charge on any atom is 0.164 e. The molecule has 0 saturated carbocycles. The molecule has 0 unspecified atom stereocenters. The van der Waals surface area contributed by atoms with Crippen molar-refractivity contribution in [1.82, 2.24) is 0 Å². The van der Waals surface area contributed by atoms with Crippen molar-refractivity contribution in [1.29, 1.82) is 0 Å². The molecule has 3 nitrogen and oxygen atoms in total. The molecule has 94 valence electrons. The lowest BCUT2D eigenvalue weighted by Gasteiger charge is -2.22. The van der Waals surface area contributed by atoms with Crippen LogP contribution >= 0.6 is 11.6 Å². The second-order valence-electron chi connectivity index (χ2n) is 4.23. The third-order valence-electron chi connectivity index (χ3n) is 3.03. The molecule has 17 heavy (non-hydrogen) atoms. The third kappa shape index (κ3) is 2.67. The molecule has 4 heteroatoms. The van der Waals surface area contributed by atoms with Crippen molar-refractivity contribution >= 4 is 11.6 Å². The highest BCUT2D eigenvalue weighted by molar-refractivity contribution is 6.31. The Balaban J connectivity index is 2.26. The van der Waals surface area contributed by atoms with Gasteiger partial charge in [0, 0.05) is 11.1 Å². The van der Waals surface area contributed by atoms with Crippen LogP contribution in [0.2, 0.25) is 5.02 Å². The van der Waals surface area contributed by atoms with Crippen molar-refractivity contribution in [2.24, 2.45) is 5.73 Å². The van der Waals surface area contributed by atoms with Gasteiger partial charge in [-0.15, -0.1) is 0 Å². The van der Waals surface area contributed by atoms with Crippen molar-refractivity contribution in [3.05, 3.63) is 22.2 Å². The minimum Gasteiger partial charge on any atom is -0.486 e. The van der Waals surface area contributed by atoms with Crippen molar-refractivity contribution in [2.75, 3.05) is 19.8 Å². The highest BCUT2D eigenvalue weighted by atomic mass is 35.5. The lowest BCUT2D eigenvalue weighted by Crippen LogP contribution is -2.17. The smallest absolute Gasteiger partial charge is 0.164 e. The molecule has 0 fully saturated rings. The lowest BCUT2D eigenvalue weighted by atomic mass is 10.0. The van der Waals surface area contributed by atoms with E-state index in [0.29, 0.717) is 13.2 Å². The molecule has 0 aliphatic carbocycles. The van der Waals surface area contributed by atoms with E-state index in [1.807, 2.05) is 13.0 Å². The predicted octanol–water partition coefficient (Wildman–Crippen LogP) is 2.70. The first kappa shape index (κ1) is 12.5. The van der Waals surface area contributed by atoms with Gasteiger partial charge in [0.1, 0.15) is 13.2 Å². The van der Waals surface area contributed by atoms with Gasteiger partial charge in [-0.3, -0.25) is 0 Å². The average molecular weight is 256 g/mol. The molecular formula is C13H18ClNO2. The van der Waals surface area contributed by atoms with Gasteiger partial charge in [0.25, 0.3) is 0 Å². The molecule has 0 spiro atoms. The number of ether oxygens (including phenoxy) is 2. The van der Waals surface area contributed by atoms with E-state index in [1.54, 1.807) is 0 Å². The van der Waals surface area contributed by atoms with Crippen LogP contribution in [-0.2, 0) is 6.42 Å². The van der Waals surface area contributed by atoms with Gasteiger partial charge in [-0.25, -0.2) is 0 Å². The monoisotopic (exact) mass is 255 g/mol. The first-order valence-corrected chi connectivity index (χ1v) is 6.39. The summed E-state index contributed by atoms with van der Waals surface area (Å²) in [7, 11) is 0. The molecule has 0 saturated heterocycles. The number of rotatable bonds is 4. The van der Waals surface area contributed by atoms with Crippen LogP contribution in [0.5, 0.6) is 11.5 Å². The zero-order chi connectivity index (χ0) is 12.3. The summed E-state index contributed by atoms with van der Waals surface area (Å²) in [5, 5.41) is 0.767. The highest BCUT2D eigenvalue weighted by Gasteiger charge is 2.19. The molecule has 0 radical (unpaired) electrons. The first-order valence-electron chi connectivity index (χ1n) is 6.01. The van der Waals surface area contributed by atoms with Crippen molar-refractivity contribution in [3.63, 3.8) is 0 Å². The van der Waals surface area contributed by atoms with Crippen LogP contribution in [0.15, 0.2) is 6.07 Å². The maximum atomic E-state index is 6.28. The van der Waals surface area contributed by atoms with Gasteiger partial charge in [-0.05, 0) is 43.9 Å². The van der Waals surface area contributed by atoms with Crippen LogP contribution in [0.1, 0.15) is 24.0 Å². The van der Waals surface area contributed by atoms with E-state index in [0.717, 1.165) is 53.5 Å². The molecule has 1 aromatic carbocycles. The summed E-state index contributed by atoms with van der Waals surface area (Å²) in [6, 6.07) is 1.86. The Kier molecular flexibility index (Phi) is 4.13. The van der Waals surface area contributed by atoms with E-state index in [2.05, 4.69) is 0 Å². The maximum absolute atomic E-state index is 6.28. The summed E-state index contributed by atoms with van der Waals surface area (Å²) in [5.41, 5.74) is 7.76. The van der Waals surface area contributed by atoms with E-state index in [1.165, 1.54) is 0 Å². The molecule has 1 heterocycles. The minimum atomic E-state index is 0.593. The fourth-order valence-electron chi connectivity index (χ4n) is 2.10. The number of fused-ring (bicyclic) bond motifs is 1. The van der Waals surface area contributed by atoms with Crippen molar-refractivity contribution in [3.8, 4) is 11.5 Å². The fraction of sp³-hybridized carbons (Fsp3) is 0.538. The zero-order valence-electron chi connectivity index (χ0n) is 10.1. The number of benzene rings is 1. The van der Waals surface area contributed by atoms with Gasteiger partial charge in [0.2, 0.25) is 0 Å². The Morgan fingerprint density at radius 2 is 2.06 bits per heavy atom. The molecule has 2 rings (SSSR count). The summed E-state index contributed by atoms with van der Waals surface area (Å²) in [6.07, 6.45) is 3.01. The summed E-state index contributed by atoms with van der Waals surface area (Å²) in [4.78, 5) is 0. The van der Waals surface area contributed by atoms with Crippen LogP contribution < -0.4 is 15.2 Å². The van der Waals surface area contributed by atoms with E-state index >= 15 is 0 Å². The Hall–Kier alpha value is -0.930. The molecule has 1 aliphatic heterocycles. The van der Waals surface area contributed by atoms with Crippen molar-refractivity contribution in [2.45, 2.75) is 26.2 Å². The SMILES string of the molecule is Cc1c(CCCCN)c(Cl)cc2c1OCCO2. The largest absolute Gasteiger partial charge is 0.486 e. The molecule has 1 aliphatic rings. The summed E-state index contributed by atoms with van der Waals surface area (Å²) in [6.45, 7) is 3.96. The number of hydrogen-bond acceptors (Lipinski definition) is 3. The molecule has 0 atom stereocenters. The Morgan fingerprint density at radius 3 is 2.82 bits per heavy atom. The van der Waals surface area contributed by atoms with Crippen LogP contribution in [0.3, 0.4) is 0 Å². The highest BCUT2D eigenvalue weighted by Crippen LogP contribution is 2.39. The number of hydrogen-bond donors (Lipinski definition) is 1. The summed E-state index contributed by atoms with van der Waals surface area (Å²) in [5.74, 6) is 1.62. The van der Waals surface area contributed by atoms with Crippen molar-refractivity contribution < 1.29 is 9.47 Å². The fourth-order valence-corrected chi connectivity index (χ4v) is 2.44. The predicted molar refractivity (Wildman–Crippen MR) is 69.2 cm³/mol. The number of unbranched alkanes of at least 4 members (excludes halogenated alkanes) is 1. The summed E-state index contributed by atoms with van der Waals surface area (Å²) >= 11 is 6.28. The van der Waals surface area contributed by atoms with Crippen LogP contribution in [0.25, 0.3) is 0 Å². The number of nitrogens with two attached hydrogens (primary N) is 1. The number of halogens is 1. The van der Waals surface area contributed by atoms with Crippen LogP contribution in [0.4, 0.5) is 0 Å². The lowest BCUT2D eigenvalue weighted by molar-refractivity contribution is 0.170. The van der Waals surface area contributed by atoms with Gasteiger partial charge in [-0.1, -0.05) is 11.6 Å². The van der Waals surface area contributed by atoms with Gasteiger partial charge in [0.05, 0.1) is 0 Å². The van der Waals surface area contributed by atoms with E-state index < -0.39 is 0 Å².